The number of hydrogen-bond acceptors (Lipinski definition) is 3. The van der Waals surface area contributed by atoms with Crippen molar-refractivity contribution in [2.24, 2.45) is 5.73 Å². The van der Waals surface area contributed by atoms with Crippen LogP contribution >= 0.6 is 15.9 Å². The Kier molecular flexibility index (Phi) is 4.70. The van der Waals surface area contributed by atoms with E-state index in [9.17, 15) is 8.42 Å². The molecule has 0 saturated carbocycles. The van der Waals surface area contributed by atoms with Gasteiger partial charge in [-0.3, -0.25) is 4.72 Å². The van der Waals surface area contributed by atoms with Crippen molar-refractivity contribution in [2.45, 2.75) is 25.3 Å². The molecule has 0 aromatic heterocycles. The molecule has 112 valence electrons. The molecule has 0 amide bonds. The molecule has 4 nitrogen and oxygen atoms in total. The standard InChI is InChI=1S/C15H17BrN2O2S/c1-10-3-6-14(13(16)7-10)18-21(19,20)15-8-12(9-17)5-4-11(15)2/h3-8,18H,9,17H2,1-2H3. The zero-order valence-electron chi connectivity index (χ0n) is 11.9. The Bertz CT molecular complexity index is 773. The molecule has 0 aliphatic heterocycles. The van der Waals surface area contributed by atoms with Crippen molar-refractivity contribution in [2.75, 3.05) is 4.72 Å². The lowest BCUT2D eigenvalue weighted by molar-refractivity contribution is 0.600. The first-order valence-corrected chi connectivity index (χ1v) is 8.69. The van der Waals surface area contributed by atoms with Gasteiger partial charge in [-0.05, 0) is 64.7 Å². The summed E-state index contributed by atoms with van der Waals surface area (Å²) in [5, 5.41) is 0. The molecule has 0 unspecified atom stereocenters. The molecular formula is C15H17BrN2O2S. The van der Waals surface area contributed by atoms with Gasteiger partial charge in [0.2, 0.25) is 0 Å². The Hall–Kier alpha value is -1.37. The van der Waals surface area contributed by atoms with Crippen LogP contribution in [0, 0.1) is 13.8 Å². The molecule has 0 bridgehead atoms. The normalized spacial score (nSPS) is 11.4. The van der Waals surface area contributed by atoms with Crippen molar-refractivity contribution in [1.82, 2.24) is 0 Å². The highest BCUT2D eigenvalue weighted by molar-refractivity contribution is 9.10. The summed E-state index contributed by atoms with van der Waals surface area (Å²) in [6, 6.07) is 10.7. The summed E-state index contributed by atoms with van der Waals surface area (Å²) in [6.07, 6.45) is 0. The molecule has 0 spiro atoms. The van der Waals surface area contributed by atoms with Crippen molar-refractivity contribution in [3.8, 4) is 0 Å². The average molecular weight is 369 g/mol. The van der Waals surface area contributed by atoms with E-state index >= 15 is 0 Å². The van der Waals surface area contributed by atoms with Gasteiger partial charge in [0, 0.05) is 11.0 Å². The minimum Gasteiger partial charge on any atom is -0.326 e. The van der Waals surface area contributed by atoms with E-state index in [1.165, 1.54) is 0 Å². The SMILES string of the molecule is Cc1ccc(NS(=O)(=O)c2cc(CN)ccc2C)c(Br)c1. The van der Waals surface area contributed by atoms with Crippen LogP contribution in [-0.2, 0) is 16.6 Å². The van der Waals surface area contributed by atoms with Gasteiger partial charge in [-0.15, -0.1) is 0 Å². The van der Waals surface area contributed by atoms with E-state index in [2.05, 4.69) is 20.7 Å². The van der Waals surface area contributed by atoms with Crippen molar-refractivity contribution in [1.29, 1.82) is 0 Å². The topological polar surface area (TPSA) is 72.2 Å². The van der Waals surface area contributed by atoms with Gasteiger partial charge in [0.15, 0.2) is 0 Å². The fraction of sp³-hybridized carbons (Fsp3) is 0.200. The maximum Gasteiger partial charge on any atom is 0.262 e. The molecular weight excluding hydrogens is 352 g/mol. The first-order valence-electron chi connectivity index (χ1n) is 6.42. The quantitative estimate of drug-likeness (QED) is 0.869. The molecule has 0 heterocycles. The van der Waals surface area contributed by atoms with E-state index in [0.717, 1.165) is 11.1 Å². The number of aryl methyl sites for hydroxylation is 2. The van der Waals surface area contributed by atoms with Gasteiger partial charge >= 0.3 is 0 Å². The lowest BCUT2D eigenvalue weighted by Gasteiger charge is -2.13. The Labute approximate surface area is 133 Å². The number of nitrogens with one attached hydrogen (secondary N) is 1. The van der Waals surface area contributed by atoms with Gasteiger partial charge in [0.05, 0.1) is 10.6 Å². The Morgan fingerprint density at radius 3 is 2.48 bits per heavy atom. The fourth-order valence-electron chi connectivity index (χ4n) is 1.96. The number of rotatable bonds is 4. The third kappa shape index (κ3) is 3.64. The van der Waals surface area contributed by atoms with Crippen LogP contribution in [0.25, 0.3) is 0 Å². The molecule has 2 aromatic carbocycles. The summed E-state index contributed by atoms with van der Waals surface area (Å²) < 4.78 is 28.4. The van der Waals surface area contributed by atoms with E-state index in [1.54, 1.807) is 25.1 Å². The number of halogens is 1. The molecule has 0 aliphatic carbocycles. The molecule has 6 heteroatoms. The second kappa shape index (κ2) is 6.17. The first-order chi connectivity index (χ1) is 9.83. The number of benzene rings is 2. The molecule has 0 atom stereocenters. The largest absolute Gasteiger partial charge is 0.326 e. The van der Waals surface area contributed by atoms with Crippen LogP contribution in [0.4, 0.5) is 5.69 Å². The molecule has 0 fully saturated rings. The van der Waals surface area contributed by atoms with Gasteiger partial charge < -0.3 is 5.73 Å². The molecule has 3 N–H and O–H groups in total. The minimum atomic E-state index is -3.65. The summed E-state index contributed by atoms with van der Waals surface area (Å²) in [4.78, 5) is 0.248. The number of hydrogen-bond donors (Lipinski definition) is 2. The second-order valence-electron chi connectivity index (χ2n) is 4.89. The van der Waals surface area contributed by atoms with Crippen LogP contribution in [0.3, 0.4) is 0 Å². The minimum absolute atomic E-state index is 0.248. The van der Waals surface area contributed by atoms with E-state index in [-0.39, 0.29) is 4.90 Å². The molecule has 0 radical (unpaired) electrons. The van der Waals surface area contributed by atoms with E-state index in [4.69, 9.17) is 5.73 Å². The molecule has 2 aromatic rings. The van der Waals surface area contributed by atoms with Crippen molar-refractivity contribution >= 4 is 31.6 Å². The summed E-state index contributed by atoms with van der Waals surface area (Å²) in [5.41, 5.74) is 8.61. The summed E-state index contributed by atoms with van der Waals surface area (Å²) in [7, 11) is -3.65. The highest BCUT2D eigenvalue weighted by Crippen LogP contribution is 2.27. The summed E-state index contributed by atoms with van der Waals surface area (Å²) >= 11 is 3.37. The third-order valence-electron chi connectivity index (χ3n) is 3.15. The highest BCUT2D eigenvalue weighted by Gasteiger charge is 2.18. The van der Waals surface area contributed by atoms with Gasteiger partial charge in [-0.25, -0.2) is 8.42 Å². The molecule has 0 saturated heterocycles. The van der Waals surface area contributed by atoms with Gasteiger partial charge in [-0.2, -0.15) is 0 Å². The highest BCUT2D eigenvalue weighted by atomic mass is 79.9. The van der Waals surface area contributed by atoms with Gasteiger partial charge in [0.1, 0.15) is 0 Å². The zero-order valence-corrected chi connectivity index (χ0v) is 14.3. The predicted molar refractivity (Wildman–Crippen MR) is 88.8 cm³/mol. The first kappa shape index (κ1) is 16.0. The maximum absolute atomic E-state index is 12.6. The van der Waals surface area contributed by atoms with Crippen LogP contribution in [-0.4, -0.2) is 8.42 Å². The Morgan fingerprint density at radius 2 is 1.86 bits per heavy atom. The van der Waals surface area contributed by atoms with E-state index < -0.39 is 10.0 Å². The van der Waals surface area contributed by atoms with Crippen LogP contribution in [0.15, 0.2) is 45.8 Å². The third-order valence-corrected chi connectivity index (χ3v) is 5.31. The summed E-state index contributed by atoms with van der Waals surface area (Å²) in [5.74, 6) is 0. The zero-order chi connectivity index (χ0) is 15.6. The smallest absolute Gasteiger partial charge is 0.262 e. The maximum atomic E-state index is 12.6. The van der Waals surface area contributed by atoms with Gasteiger partial charge in [-0.1, -0.05) is 18.2 Å². The van der Waals surface area contributed by atoms with Crippen molar-refractivity contribution < 1.29 is 8.42 Å². The molecule has 2 rings (SSSR count). The number of nitrogens with two attached hydrogens (primary N) is 1. The Morgan fingerprint density at radius 1 is 1.14 bits per heavy atom. The lowest BCUT2D eigenvalue weighted by Crippen LogP contribution is -2.15. The number of anilines is 1. The average Bonchev–Trinajstić information content (AvgIpc) is 2.42. The summed E-state index contributed by atoms with van der Waals surface area (Å²) in [6.45, 7) is 4.01. The van der Waals surface area contributed by atoms with Gasteiger partial charge in [0.25, 0.3) is 10.0 Å². The van der Waals surface area contributed by atoms with Crippen molar-refractivity contribution in [3.05, 3.63) is 57.6 Å². The second-order valence-corrected chi connectivity index (χ2v) is 7.40. The molecule has 21 heavy (non-hydrogen) atoms. The molecule has 0 aliphatic rings. The van der Waals surface area contributed by atoms with Crippen LogP contribution < -0.4 is 10.5 Å². The van der Waals surface area contributed by atoms with Crippen molar-refractivity contribution in [3.63, 3.8) is 0 Å². The van der Waals surface area contributed by atoms with Crippen LogP contribution in [0.2, 0.25) is 0 Å². The number of sulfonamides is 1. The van der Waals surface area contributed by atoms with E-state index in [1.807, 2.05) is 25.1 Å². The Balaban J connectivity index is 2.43. The van der Waals surface area contributed by atoms with Crippen LogP contribution in [0.5, 0.6) is 0 Å². The van der Waals surface area contributed by atoms with E-state index in [0.29, 0.717) is 22.3 Å². The monoisotopic (exact) mass is 368 g/mol. The predicted octanol–water partition coefficient (Wildman–Crippen LogP) is 3.33. The lowest BCUT2D eigenvalue weighted by atomic mass is 10.1. The van der Waals surface area contributed by atoms with Crippen LogP contribution in [0.1, 0.15) is 16.7 Å². The fourth-order valence-corrected chi connectivity index (χ4v) is 4.06.